The van der Waals surface area contributed by atoms with Crippen molar-refractivity contribution < 1.29 is 28.2 Å². The number of hydrogen-bond acceptors (Lipinski definition) is 7. The summed E-state index contributed by atoms with van der Waals surface area (Å²) in [5, 5.41) is 0.739. The van der Waals surface area contributed by atoms with E-state index < -0.39 is 0 Å². The maximum atomic E-state index is 14.0. The summed E-state index contributed by atoms with van der Waals surface area (Å²) in [5.74, 6) is 1.34. The van der Waals surface area contributed by atoms with E-state index in [0.717, 1.165) is 31.2 Å². The van der Waals surface area contributed by atoms with Crippen molar-refractivity contribution in [2.24, 2.45) is 0 Å². The molecule has 2 heterocycles. The number of ether oxygens (including phenoxy) is 3. The molecule has 0 unspecified atom stereocenters. The molecule has 4 aromatic rings. The molecule has 2 amide bonds. The van der Waals surface area contributed by atoms with Crippen molar-refractivity contribution in [3.8, 4) is 17.2 Å². The van der Waals surface area contributed by atoms with Gasteiger partial charge in [0.15, 0.2) is 16.9 Å². The zero-order valence-electron chi connectivity index (χ0n) is 25.6. The van der Waals surface area contributed by atoms with Crippen molar-refractivity contribution in [2.45, 2.75) is 52.6 Å². The zero-order valence-corrected chi connectivity index (χ0v) is 26.3. The van der Waals surface area contributed by atoms with Gasteiger partial charge in [-0.15, -0.1) is 0 Å². The topological polar surface area (TPSA) is 98.5 Å². The number of carbonyl (C=O) groups is 2. The fraction of sp³-hybridized carbons (Fsp3) is 0.343. The molecule has 0 saturated carbocycles. The lowest BCUT2D eigenvalue weighted by Crippen LogP contribution is -2.43. The zero-order chi connectivity index (χ0) is 31.8. The largest absolute Gasteiger partial charge is 0.494 e. The van der Waals surface area contributed by atoms with Gasteiger partial charge in [0.25, 0.3) is 5.91 Å². The highest BCUT2D eigenvalue weighted by Crippen LogP contribution is 2.33. The Balaban J connectivity index is 1.40. The summed E-state index contributed by atoms with van der Waals surface area (Å²) in [6, 6.07) is 17.3. The Kier molecular flexibility index (Phi) is 10.6. The molecule has 1 aliphatic heterocycles. The second kappa shape index (κ2) is 15.0. The van der Waals surface area contributed by atoms with Crippen molar-refractivity contribution in [1.29, 1.82) is 0 Å². The molecule has 10 heteroatoms. The minimum atomic E-state index is -0.317. The number of nitrogens with zero attached hydrogens (tertiary/aromatic N) is 2. The fourth-order valence-corrected chi connectivity index (χ4v) is 5.20. The van der Waals surface area contributed by atoms with Gasteiger partial charge in [-0.1, -0.05) is 44.4 Å². The third kappa shape index (κ3) is 7.97. The van der Waals surface area contributed by atoms with E-state index in [-0.39, 0.29) is 43.7 Å². The molecular formula is C35H37ClN2O7. The lowest BCUT2D eigenvalue weighted by Gasteiger charge is -2.28. The van der Waals surface area contributed by atoms with Gasteiger partial charge in [0, 0.05) is 23.7 Å². The highest BCUT2D eigenvalue weighted by atomic mass is 35.5. The first-order valence-electron chi connectivity index (χ1n) is 15.2. The maximum absolute atomic E-state index is 14.0. The van der Waals surface area contributed by atoms with Crippen LogP contribution in [0.5, 0.6) is 17.2 Å². The first-order chi connectivity index (χ1) is 21.9. The molecule has 236 valence electrons. The van der Waals surface area contributed by atoms with E-state index >= 15 is 0 Å². The van der Waals surface area contributed by atoms with E-state index in [1.54, 1.807) is 58.3 Å². The number of halogens is 1. The van der Waals surface area contributed by atoms with Crippen LogP contribution in [-0.4, -0.2) is 48.1 Å². The van der Waals surface area contributed by atoms with Gasteiger partial charge in [-0.2, -0.15) is 0 Å². The summed E-state index contributed by atoms with van der Waals surface area (Å²) < 4.78 is 22.5. The maximum Gasteiger partial charge on any atom is 0.254 e. The van der Waals surface area contributed by atoms with E-state index in [2.05, 4.69) is 6.92 Å². The van der Waals surface area contributed by atoms with Crippen LogP contribution < -0.4 is 19.6 Å². The SMILES string of the molecule is CCCCOc1ccc(C(=O)N(CCCC)CC(=O)N(Cc2ccc3c(c2)OCO3)Cc2coc3ccc(Cl)cc3c2=O)cc1. The molecule has 0 spiro atoms. The van der Waals surface area contributed by atoms with Gasteiger partial charge in [-0.25, -0.2) is 0 Å². The predicted molar refractivity (Wildman–Crippen MR) is 172 cm³/mol. The Morgan fingerprint density at radius 3 is 2.44 bits per heavy atom. The van der Waals surface area contributed by atoms with Crippen molar-refractivity contribution in [1.82, 2.24) is 9.80 Å². The summed E-state index contributed by atoms with van der Waals surface area (Å²) in [5.41, 5.74) is 1.67. The molecule has 0 atom stereocenters. The second-order valence-corrected chi connectivity index (χ2v) is 11.4. The molecule has 5 rings (SSSR count). The van der Waals surface area contributed by atoms with E-state index in [0.29, 0.717) is 57.5 Å². The van der Waals surface area contributed by atoms with Gasteiger partial charge in [0.2, 0.25) is 12.7 Å². The van der Waals surface area contributed by atoms with Gasteiger partial charge < -0.3 is 28.4 Å². The number of benzene rings is 3. The van der Waals surface area contributed by atoms with E-state index in [9.17, 15) is 14.4 Å². The number of amides is 2. The normalized spacial score (nSPS) is 11.9. The number of unbranched alkanes of at least 4 members (excludes halogenated alkanes) is 2. The highest BCUT2D eigenvalue weighted by Gasteiger charge is 2.25. The Morgan fingerprint density at radius 2 is 1.67 bits per heavy atom. The Morgan fingerprint density at radius 1 is 0.889 bits per heavy atom. The van der Waals surface area contributed by atoms with Crippen LogP contribution in [0.2, 0.25) is 5.02 Å². The molecule has 9 nitrogen and oxygen atoms in total. The highest BCUT2D eigenvalue weighted by molar-refractivity contribution is 6.31. The molecule has 1 aromatic heterocycles. The second-order valence-electron chi connectivity index (χ2n) is 11.0. The number of carbonyl (C=O) groups excluding carboxylic acids is 2. The average molecular weight is 633 g/mol. The van der Waals surface area contributed by atoms with Crippen LogP contribution in [0.1, 0.15) is 61.0 Å². The molecule has 1 aliphatic rings. The summed E-state index contributed by atoms with van der Waals surface area (Å²) >= 11 is 6.16. The number of hydrogen-bond donors (Lipinski definition) is 0. The smallest absolute Gasteiger partial charge is 0.254 e. The van der Waals surface area contributed by atoms with Gasteiger partial charge in [0.05, 0.1) is 30.4 Å². The molecule has 0 radical (unpaired) electrons. The Labute approximate surface area is 267 Å². The molecule has 0 N–H and O–H groups in total. The molecule has 0 saturated heterocycles. The third-order valence-electron chi connectivity index (χ3n) is 7.59. The minimum Gasteiger partial charge on any atom is -0.494 e. The summed E-state index contributed by atoms with van der Waals surface area (Å²) in [6.45, 7) is 5.25. The predicted octanol–water partition coefficient (Wildman–Crippen LogP) is 6.83. The van der Waals surface area contributed by atoms with Gasteiger partial charge in [-0.05, 0) is 73.0 Å². The Hall–Kier alpha value is -4.50. The summed E-state index contributed by atoms with van der Waals surface area (Å²) in [7, 11) is 0. The quantitative estimate of drug-likeness (QED) is 0.141. The molecular weight excluding hydrogens is 596 g/mol. The Bertz CT molecular complexity index is 1700. The standard InChI is InChI=1S/C35H37ClN2O7/c1-3-5-15-37(35(41)25-8-11-28(12-9-25)42-16-6-4-2)21-33(39)38(19-24-7-13-31-32(17-24)45-23-44-31)20-26-22-43-30-14-10-27(36)18-29(30)34(26)40/h7-14,17-18,22H,3-6,15-16,19-21,23H2,1-2H3. The molecule has 0 aliphatic carbocycles. The van der Waals surface area contributed by atoms with Gasteiger partial charge in [0.1, 0.15) is 17.9 Å². The van der Waals surface area contributed by atoms with Gasteiger partial charge >= 0.3 is 0 Å². The van der Waals surface area contributed by atoms with Crippen LogP contribution in [0.25, 0.3) is 11.0 Å². The molecule has 0 fully saturated rings. The summed E-state index contributed by atoms with van der Waals surface area (Å²) in [4.78, 5) is 44.3. The van der Waals surface area contributed by atoms with Crippen LogP contribution in [0.3, 0.4) is 0 Å². The average Bonchev–Trinajstić information content (AvgIpc) is 3.52. The van der Waals surface area contributed by atoms with Crippen molar-refractivity contribution >= 4 is 34.4 Å². The van der Waals surface area contributed by atoms with E-state index in [4.69, 9.17) is 30.2 Å². The minimum absolute atomic E-state index is 0.0301. The fourth-order valence-electron chi connectivity index (χ4n) is 5.03. The van der Waals surface area contributed by atoms with Crippen LogP contribution in [0, 0.1) is 0 Å². The molecule has 45 heavy (non-hydrogen) atoms. The van der Waals surface area contributed by atoms with Crippen molar-refractivity contribution in [3.63, 3.8) is 0 Å². The molecule has 3 aromatic carbocycles. The van der Waals surface area contributed by atoms with E-state index in [1.807, 2.05) is 19.1 Å². The van der Waals surface area contributed by atoms with Crippen LogP contribution in [0.4, 0.5) is 0 Å². The third-order valence-corrected chi connectivity index (χ3v) is 7.83. The summed E-state index contributed by atoms with van der Waals surface area (Å²) in [6.07, 6.45) is 4.94. The first kappa shape index (κ1) is 31.9. The van der Waals surface area contributed by atoms with Crippen LogP contribution >= 0.6 is 11.6 Å². The lowest BCUT2D eigenvalue weighted by atomic mass is 10.1. The van der Waals surface area contributed by atoms with E-state index in [1.165, 1.54) is 6.26 Å². The van der Waals surface area contributed by atoms with Gasteiger partial charge in [-0.3, -0.25) is 14.4 Å². The first-order valence-corrected chi connectivity index (χ1v) is 15.6. The molecule has 0 bridgehead atoms. The number of rotatable bonds is 14. The van der Waals surface area contributed by atoms with Crippen molar-refractivity contribution in [3.05, 3.63) is 98.9 Å². The van der Waals surface area contributed by atoms with Crippen LogP contribution in [0.15, 0.2) is 76.1 Å². The lowest BCUT2D eigenvalue weighted by molar-refractivity contribution is -0.133. The monoisotopic (exact) mass is 632 g/mol. The number of fused-ring (bicyclic) bond motifs is 2. The van der Waals surface area contributed by atoms with Crippen LogP contribution in [-0.2, 0) is 17.9 Å². The van der Waals surface area contributed by atoms with Crippen molar-refractivity contribution in [2.75, 3.05) is 26.5 Å².